The molecular weight excluding hydrogens is 310 g/mol. The fraction of sp³-hybridized carbons (Fsp3) is 0.714. The lowest BCUT2D eigenvalue weighted by Gasteiger charge is -2.46. The average molecular weight is 344 g/mol. The molecule has 0 N–H and O–H groups in total. The monoisotopic (exact) mass is 343 g/mol. The smallest absolute Gasteiger partial charge is 0.222 e. The van der Waals surface area contributed by atoms with Crippen LogP contribution in [-0.2, 0) is 11.2 Å². The van der Waals surface area contributed by atoms with Crippen LogP contribution >= 0.6 is 0 Å². The summed E-state index contributed by atoms with van der Waals surface area (Å²) in [5, 5.41) is 0. The first-order chi connectivity index (χ1) is 12.2. The van der Waals surface area contributed by atoms with Gasteiger partial charge in [-0.05, 0) is 63.2 Å². The Bertz CT molecular complexity index is 547. The number of piperidine rings is 1. The first-order valence-corrected chi connectivity index (χ1v) is 10.2. The van der Waals surface area contributed by atoms with Gasteiger partial charge in [-0.25, -0.2) is 0 Å². The second-order valence-corrected chi connectivity index (χ2v) is 7.80. The molecular formula is C21H33N3O. The Hall–Kier alpha value is -1.42. The quantitative estimate of drug-likeness (QED) is 0.709. The van der Waals surface area contributed by atoms with Crippen molar-refractivity contribution >= 4 is 5.91 Å². The number of hydrogen-bond donors (Lipinski definition) is 0. The maximum Gasteiger partial charge on any atom is 0.222 e. The summed E-state index contributed by atoms with van der Waals surface area (Å²) in [4.78, 5) is 21.8. The van der Waals surface area contributed by atoms with Gasteiger partial charge in [-0.1, -0.05) is 25.8 Å². The van der Waals surface area contributed by atoms with Gasteiger partial charge in [-0.15, -0.1) is 0 Å². The number of rotatable bonds is 7. The molecule has 2 aliphatic heterocycles. The highest BCUT2D eigenvalue weighted by Gasteiger charge is 2.44. The molecule has 138 valence electrons. The number of aromatic nitrogens is 1. The molecule has 1 amide bonds. The fourth-order valence-electron chi connectivity index (χ4n) is 4.64. The molecule has 4 heteroatoms. The van der Waals surface area contributed by atoms with Gasteiger partial charge in [0.05, 0.1) is 0 Å². The van der Waals surface area contributed by atoms with Crippen molar-refractivity contribution in [2.24, 2.45) is 0 Å². The summed E-state index contributed by atoms with van der Waals surface area (Å²) in [6, 6.07) is 4.01. The predicted octanol–water partition coefficient (Wildman–Crippen LogP) is 3.66. The van der Waals surface area contributed by atoms with E-state index in [0.29, 0.717) is 12.3 Å². The highest BCUT2D eigenvalue weighted by atomic mass is 16.2. The van der Waals surface area contributed by atoms with E-state index in [2.05, 4.69) is 27.8 Å². The molecule has 0 bridgehead atoms. The van der Waals surface area contributed by atoms with E-state index in [4.69, 9.17) is 0 Å². The van der Waals surface area contributed by atoms with Crippen LogP contribution < -0.4 is 0 Å². The maximum absolute atomic E-state index is 12.8. The minimum Gasteiger partial charge on any atom is -0.341 e. The Morgan fingerprint density at radius 3 is 2.84 bits per heavy atom. The van der Waals surface area contributed by atoms with Crippen LogP contribution in [0.1, 0.15) is 63.9 Å². The van der Waals surface area contributed by atoms with Crippen LogP contribution in [0.4, 0.5) is 0 Å². The second-order valence-electron chi connectivity index (χ2n) is 7.80. The minimum absolute atomic E-state index is 0.274. The Balaban J connectivity index is 1.55. The van der Waals surface area contributed by atoms with Crippen molar-refractivity contribution in [3.8, 4) is 0 Å². The molecule has 1 aromatic rings. The van der Waals surface area contributed by atoms with Gasteiger partial charge in [-0.3, -0.25) is 14.7 Å². The Labute approximate surface area is 152 Å². The van der Waals surface area contributed by atoms with Gasteiger partial charge < -0.3 is 4.90 Å². The van der Waals surface area contributed by atoms with Gasteiger partial charge in [-0.2, -0.15) is 0 Å². The standard InChI is InChI=1S/C21H33N3O/c1-2-3-4-15-24-16-7-12-21(24)11-6-14-23(18-21)20(25)10-9-19-8-5-13-22-17-19/h5,8,13,17H,2-4,6-7,9-12,14-16,18H2,1H3. The van der Waals surface area contributed by atoms with Gasteiger partial charge in [0.15, 0.2) is 0 Å². The third-order valence-corrected chi connectivity index (χ3v) is 6.03. The lowest BCUT2D eigenvalue weighted by atomic mass is 9.86. The van der Waals surface area contributed by atoms with E-state index in [-0.39, 0.29) is 5.54 Å². The molecule has 1 aromatic heterocycles. The molecule has 0 aliphatic carbocycles. The van der Waals surface area contributed by atoms with Crippen molar-refractivity contribution in [2.45, 2.75) is 70.3 Å². The SMILES string of the molecule is CCCCCN1CCCC12CCCN(C(=O)CCc1cccnc1)C2. The molecule has 2 fully saturated rings. The van der Waals surface area contributed by atoms with Gasteiger partial charge in [0, 0.05) is 37.4 Å². The Morgan fingerprint density at radius 2 is 2.08 bits per heavy atom. The van der Waals surface area contributed by atoms with Crippen LogP contribution in [0.2, 0.25) is 0 Å². The molecule has 3 heterocycles. The number of aryl methyl sites for hydroxylation is 1. The molecule has 1 spiro atoms. The number of carbonyl (C=O) groups is 1. The van der Waals surface area contributed by atoms with Gasteiger partial charge >= 0.3 is 0 Å². The molecule has 4 nitrogen and oxygen atoms in total. The summed E-state index contributed by atoms with van der Waals surface area (Å²) < 4.78 is 0. The number of nitrogens with zero attached hydrogens (tertiary/aromatic N) is 3. The first kappa shape index (κ1) is 18.4. The van der Waals surface area contributed by atoms with E-state index in [1.54, 1.807) is 6.20 Å². The molecule has 0 saturated carbocycles. The van der Waals surface area contributed by atoms with Crippen molar-refractivity contribution in [1.29, 1.82) is 0 Å². The normalized spacial score (nSPS) is 24.1. The van der Waals surface area contributed by atoms with E-state index < -0.39 is 0 Å². The molecule has 0 radical (unpaired) electrons. The number of likely N-dealkylation sites (tertiary alicyclic amines) is 2. The average Bonchev–Trinajstić information content (AvgIpc) is 3.02. The van der Waals surface area contributed by atoms with Crippen LogP contribution in [0.5, 0.6) is 0 Å². The zero-order valence-electron chi connectivity index (χ0n) is 15.8. The summed E-state index contributed by atoms with van der Waals surface area (Å²) >= 11 is 0. The summed E-state index contributed by atoms with van der Waals surface area (Å²) in [5.74, 6) is 0.323. The number of unbranched alkanes of at least 4 members (excludes halogenated alkanes) is 2. The Morgan fingerprint density at radius 1 is 1.24 bits per heavy atom. The summed E-state index contributed by atoms with van der Waals surface area (Å²) in [6.07, 6.45) is 14.0. The van der Waals surface area contributed by atoms with Crippen LogP contribution in [-0.4, -0.2) is 52.4 Å². The van der Waals surface area contributed by atoms with E-state index in [1.807, 2.05) is 12.3 Å². The van der Waals surface area contributed by atoms with Crippen molar-refractivity contribution in [3.63, 3.8) is 0 Å². The van der Waals surface area contributed by atoms with Crippen molar-refractivity contribution in [1.82, 2.24) is 14.8 Å². The number of pyridine rings is 1. The van der Waals surface area contributed by atoms with Crippen molar-refractivity contribution < 1.29 is 4.79 Å². The largest absolute Gasteiger partial charge is 0.341 e. The first-order valence-electron chi connectivity index (χ1n) is 10.2. The van der Waals surface area contributed by atoms with E-state index >= 15 is 0 Å². The summed E-state index contributed by atoms with van der Waals surface area (Å²) in [6.45, 7) is 6.59. The fourth-order valence-corrected chi connectivity index (χ4v) is 4.64. The van der Waals surface area contributed by atoms with Crippen LogP contribution in [0.15, 0.2) is 24.5 Å². The third kappa shape index (κ3) is 4.60. The van der Waals surface area contributed by atoms with E-state index in [9.17, 15) is 4.79 Å². The molecule has 25 heavy (non-hydrogen) atoms. The Kier molecular flexibility index (Phi) is 6.46. The molecule has 1 unspecified atom stereocenters. The van der Waals surface area contributed by atoms with Gasteiger partial charge in [0.2, 0.25) is 5.91 Å². The number of hydrogen-bond acceptors (Lipinski definition) is 3. The van der Waals surface area contributed by atoms with Gasteiger partial charge in [0.1, 0.15) is 0 Å². The lowest BCUT2D eigenvalue weighted by Crippen LogP contribution is -2.57. The lowest BCUT2D eigenvalue weighted by molar-refractivity contribution is -0.135. The zero-order chi connectivity index (χ0) is 17.5. The maximum atomic E-state index is 12.8. The second kappa shape index (κ2) is 8.79. The molecule has 1 atom stereocenters. The summed E-state index contributed by atoms with van der Waals surface area (Å²) in [7, 11) is 0. The van der Waals surface area contributed by atoms with Crippen LogP contribution in [0, 0.1) is 0 Å². The number of carbonyl (C=O) groups excluding carboxylic acids is 1. The van der Waals surface area contributed by atoms with Crippen LogP contribution in [0.25, 0.3) is 0 Å². The molecule has 2 aliphatic rings. The molecule has 2 saturated heterocycles. The minimum atomic E-state index is 0.274. The number of amides is 1. The zero-order valence-corrected chi connectivity index (χ0v) is 15.8. The molecule has 0 aromatic carbocycles. The highest BCUT2D eigenvalue weighted by Crippen LogP contribution is 2.37. The van der Waals surface area contributed by atoms with E-state index in [1.165, 1.54) is 51.6 Å². The predicted molar refractivity (Wildman–Crippen MR) is 101 cm³/mol. The highest BCUT2D eigenvalue weighted by molar-refractivity contribution is 5.76. The third-order valence-electron chi connectivity index (χ3n) is 6.03. The molecule has 3 rings (SSSR count). The van der Waals surface area contributed by atoms with E-state index in [0.717, 1.165) is 31.5 Å². The van der Waals surface area contributed by atoms with Gasteiger partial charge in [0.25, 0.3) is 0 Å². The van der Waals surface area contributed by atoms with Crippen molar-refractivity contribution in [3.05, 3.63) is 30.1 Å². The van der Waals surface area contributed by atoms with Crippen molar-refractivity contribution in [2.75, 3.05) is 26.2 Å². The van der Waals surface area contributed by atoms with Crippen LogP contribution in [0.3, 0.4) is 0 Å². The topological polar surface area (TPSA) is 36.4 Å². The summed E-state index contributed by atoms with van der Waals surface area (Å²) in [5.41, 5.74) is 1.43.